The molecule has 1 atom stereocenters. The average molecular weight is 900 g/mol. The molecule has 1 unspecified atom stereocenters. The summed E-state index contributed by atoms with van der Waals surface area (Å²) in [7, 11) is -3.68. The van der Waals surface area contributed by atoms with Gasteiger partial charge in [-0.15, -0.1) is 0 Å². The van der Waals surface area contributed by atoms with Crippen LogP contribution in [-0.4, -0.2) is 120 Å². The van der Waals surface area contributed by atoms with Gasteiger partial charge < -0.3 is 25.6 Å². The summed E-state index contributed by atoms with van der Waals surface area (Å²) in [6.45, 7) is 15.4. The Bertz CT molecular complexity index is 2470. The first kappa shape index (κ1) is 44.3. The summed E-state index contributed by atoms with van der Waals surface area (Å²) in [5.74, 6) is 0.509. The van der Waals surface area contributed by atoms with E-state index in [1.165, 1.54) is 18.0 Å². The van der Waals surface area contributed by atoms with Gasteiger partial charge in [0.2, 0.25) is 17.8 Å². The molecule has 4 saturated heterocycles. The van der Waals surface area contributed by atoms with E-state index >= 15 is 0 Å². The van der Waals surface area contributed by atoms with Gasteiger partial charge in [0.15, 0.2) is 20.7 Å². The molecule has 4 aromatic rings. The number of nitrogens with zero attached hydrogens (tertiary/aromatic N) is 6. The molecule has 2 aromatic carbocycles. The fraction of sp³-hybridized carbons (Fsp3) is 0.467. The number of likely N-dealkylation sites (tertiary alicyclic amines) is 2. The number of aromatic nitrogens is 3. The van der Waals surface area contributed by atoms with Gasteiger partial charge in [0.1, 0.15) is 16.8 Å². The summed E-state index contributed by atoms with van der Waals surface area (Å²) >= 11 is 6.51. The number of carbonyl (C=O) groups excluding carboxylic acids is 3. The number of pyridine rings is 1. The SMILES string of the molecule is Cc1cc(Nc2ncc(Cl)c(Nc3cccnc3S(=O)(=O)C(C)C)n2)c(OC(C)C)cc1C1CCN(C2CN(C3CN(c4ccc(C(=O)NC5CCC(=O)NC5=O)cc4)C3)C2)CC1. The number of hydrogen-bond donors (Lipinski definition) is 4. The topological polar surface area (TPSA) is 191 Å². The summed E-state index contributed by atoms with van der Waals surface area (Å²) in [6.07, 6.45) is 5.47. The lowest BCUT2D eigenvalue weighted by atomic mass is 9.85. The van der Waals surface area contributed by atoms with Crippen molar-refractivity contribution in [1.29, 1.82) is 0 Å². The second-order valence-corrected chi connectivity index (χ2v) is 20.3. The smallest absolute Gasteiger partial charge is 0.251 e. The van der Waals surface area contributed by atoms with E-state index in [4.69, 9.17) is 16.3 Å². The number of carbonyl (C=O) groups is 3. The highest BCUT2D eigenvalue weighted by molar-refractivity contribution is 7.92. The predicted molar refractivity (Wildman–Crippen MR) is 242 cm³/mol. The van der Waals surface area contributed by atoms with Crippen LogP contribution < -0.4 is 30.9 Å². The summed E-state index contributed by atoms with van der Waals surface area (Å²) in [4.78, 5) is 57.0. The van der Waals surface area contributed by atoms with E-state index in [9.17, 15) is 22.8 Å². The fourth-order valence-corrected chi connectivity index (χ4v) is 9.90. The molecular formula is C45H55ClN10O6S. The Morgan fingerprint density at radius 3 is 2.30 bits per heavy atom. The molecule has 4 N–H and O–H groups in total. The van der Waals surface area contributed by atoms with Crippen LogP contribution in [0.1, 0.15) is 80.8 Å². The summed E-state index contributed by atoms with van der Waals surface area (Å²) in [5, 5.41) is 10.9. The number of imide groups is 1. The molecule has 8 rings (SSSR count). The second kappa shape index (κ2) is 18.4. The number of anilines is 5. The van der Waals surface area contributed by atoms with Gasteiger partial charge in [-0.3, -0.25) is 29.5 Å². The molecule has 2 aromatic heterocycles. The number of benzene rings is 2. The van der Waals surface area contributed by atoms with E-state index in [0.29, 0.717) is 35.7 Å². The highest BCUT2D eigenvalue weighted by atomic mass is 35.5. The van der Waals surface area contributed by atoms with E-state index in [2.05, 4.69) is 70.0 Å². The summed E-state index contributed by atoms with van der Waals surface area (Å²) < 4.78 is 32.4. The van der Waals surface area contributed by atoms with Crippen LogP contribution >= 0.6 is 11.6 Å². The van der Waals surface area contributed by atoms with Crippen molar-refractivity contribution in [3.05, 3.63) is 82.6 Å². The number of hydrogen-bond acceptors (Lipinski definition) is 14. The van der Waals surface area contributed by atoms with Crippen LogP contribution in [0, 0.1) is 6.92 Å². The first-order valence-electron chi connectivity index (χ1n) is 21.7. The molecule has 18 heteroatoms. The Morgan fingerprint density at radius 1 is 0.905 bits per heavy atom. The average Bonchev–Trinajstić information content (AvgIpc) is 3.21. The lowest BCUT2D eigenvalue weighted by Gasteiger charge is -2.55. The zero-order chi connectivity index (χ0) is 44.6. The lowest BCUT2D eigenvalue weighted by molar-refractivity contribution is -0.134. The standard InChI is InChI=1S/C45H55ClN10O6S/c1-26(2)62-39-20-34(28(5)19-38(39)51-45-48-21-35(46)41(53-45)49-37-7-6-16-47-44(37)63(60,61)27(3)4)29-14-17-54(18-15-29)32-22-56(23-32)33-24-55(25-33)31-10-8-30(9-11-31)42(58)50-36-12-13-40(57)52-43(36)59/h6-11,16,19-21,26-27,29,32-33,36H,12-15,17-18,22-25H2,1-5H3,(H,50,58)(H,52,57,59)(H2,48,49,51,53). The minimum atomic E-state index is -3.68. The number of piperidine rings is 2. The Balaban J connectivity index is 0.833. The van der Waals surface area contributed by atoms with Crippen molar-refractivity contribution in [2.24, 2.45) is 0 Å². The molecule has 4 fully saturated rings. The van der Waals surface area contributed by atoms with Crippen LogP contribution in [0.5, 0.6) is 5.75 Å². The molecule has 0 spiro atoms. The fourth-order valence-electron chi connectivity index (χ4n) is 8.68. The molecule has 0 bridgehead atoms. The molecule has 3 amide bonds. The number of aryl methyl sites for hydroxylation is 1. The van der Waals surface area contributed by atoms with Crippen molar-refractivity contribution in [3.63, 3.8) is 0 Å². The van der Waals surface area contributed by atoms with Crippen LogP contribution in [0.3, 0.4) is 0 Å². The van der Waals surface area contributed by atoms with E-state index in [1.54, 1.807) is 38.1 Å². The predicted octanol–water partition coefficient (Wildman–Crippen LogP) is 5.58. The van der Waals surface area contributed by atoms with Crippen molar-refractivity contribution in [3.8, 4) is 5.75 Å². The monoisotopic (exact) mass is 898 g/mol. The van der Waals surface area contributed by atoms with Gasteiger partial charge in [-0.1, -0.05) is 11.6 Å². The molecule has 4 aliphatic heterocycles. The number of amides is 3. The Kier molecular flexibility index (Phi) is 12.9. The van der Waals surface area contributed by atoms with Crippen LogP contribution in [-0.2, 0) is 19.4 Å². The van der Waals surface area contributed by atoms with Gasteiger partial charge >= 0.3 is 0 Å². The van der Waals surface area contributed by atoms with E-state index in [1.807, 2.05) is 26.0 Å². The van der Waals surface area contributed by atoms with Crippen LogP contribution in [0.2, 0.25) is 5.02 Å². The minimum absolute atomic E-state index is 0.0742. The lowest BCUT2D eigenvalue weighted by Crippen LogP contribution is -2.70. The maximum absolute atomic E-state index is 13.0. The molecule has 0 radical (unpaired) electrons. The molecule has 0 saturated carbocycles. The summed E-state index contributed by atoms with van der Waals surface area (Å²) in [5.41, 5.74) is 4.97. The third kappa shape index (κ3) is 9.76. The number of rotatable bonds is 14. The Hall–Kier alpha value is -5.36. The van der Waals surface area contributed by atoms with Crippen molar-refractivity contribution < 1.29 is 27.5 Å². The van der Waals surface area contributed by atoms with Gasteiger partial charge in [0, 0.05) is 62.1 Å². The highest BCUT2D eigenvalue weighted by Crippen LogP contribution is 2.40. The van der Waals surface area contributed by atoms with E-state index < -0.39 is 27.0 Å². The van der Waals surface area contributed by atoms with Gasteiger partial charge in [0.25, 0.3) is 5.91 Å². The number of ether oxygens (including phenoxy) is 1. The van der Waals surface area contributed by atoms with Gasteiger partial charge in [0.05, 0.1) is 28.9 Å². The Labute approximate surface area is 373 Å². The third-order valence-electron chi connectivity index (χ3n) is 12.4. The number of halogens is 1. The van der Waals surface area contributed by atoms with Gasteiger partial charge in [-0.25, -0.2) is 18.4 Å². The number of sulfone groups is 1. The van der Waals surface area contributed by atoms with Gasteiger partial charge in [-0.2, -0.15) is 4.98 Å². The highest BCUT2D eigenvalue weighted by Gasteiger charge is 2.42. The quantitative estimate of drug-likeness (QED) is 0.115. The molecule has 334 valence electrons. The maximum Gasteiger partial charge on any atom is 0.251 e. The van der Waals surface area contributed by atoms with E-state index in [-0.39, 0.29) is 51.8 Å². The van der Waals surface area contributed by atoms with Crippen molar-refractivity contribution in [2.75, 3.05) is 54.8 Å². The normalized spacial score (nSPS) is 19.4. The molecular weight excluding hydrogens is 844 g/mol. The second-order valence-electron chi connectivity index (χ2n) is 17.5. The third-order valence-corrected chi connectivity index (χ3v) is 14.8. The zero-order valence-corrected chi connectivity index (χ0v) is 37.8. The minimum Gasteiger partial charge on any atom is -0.489 e. The first-order chi connectivity index (χ1) is 30.1. The maximum atomic E-state index is 13.0. The van der Waals surface area contributed by atoms with E-state index in [0.717, 1.165) is 69.0 Å². The molecule has 63 heavy (non-hydrogen) atoms. The van der Waals surface area contributed by atoms with Crippen molar-refractivity contribution in [2.45, 2.75) is 101 Å². The van der Waals surface area contributed by atoms with Crippen LogP contribution in [0.25, 0.3) is 0 Å². The van der Waals surface area contributed by atoms with Crippen molar-refractivity contribution >= 4 is 68.0 Å². The molecule has 4 aliphatic rings. The Morgan fingerprint density at radius 2 is 1.62 bits per heavy atom. The summed E-state index contributed by atoms with van der Waals surface area (Å²) in [6, 6.07) is 15.4. The molecule has 0 aliphatic carbocycles. The van der Waals surface area contributed by atoms with Crippen molar-refractivity contribution in [1.82, 2.24) is 35.4 Å². The molecule has 16 nitrogen and oxygen atoms in total. The molecule has 6 heterocycles. The first-order valence-corrected chi connectivity index (χ1v) is 23.6. The zero-order valence-electron chi connectivity index (χ0n) is 36.2. The van der Waals surface area contributed by atoms with Gasteiger partial charge in [-0.05, 0) is 133 Å². The number of nitrogens with one attached hydrogen (secondary N) is 4. The van der Waals surface area contributed by atoms with Crippen LogP contribution in [0.4, 0.5) is 28.8 Å². The van der Waals surface area contributed by atoms with Crippen LogP contribution in [0.15, 0.2) is 66.0 Å². The largest absolute Gasteiger partial charge is 0.489 e.